The minimum Gasteiger partial charge on any atom is -0.394 e. The number of H-pyrrole nitrogens is 1. The van der Waals surface area contributed by atoms with Gasteiger partial charge in [-0.15, -0.1) is 0 Å². The van der Waals surface area contributed by atoms with Crippen molar-refractivity contribution in [3.05, 3.63) is 33.1 Å². The van der Waals surface area contributed by atoms with Crippen molar-refractivity contribution < 1.29 is 14.9 Å². The fourth-order valence-corrected chi connectivity index (χ4v) is 2.68. The summed E-state index contributed by atoms with van der Waals surface area (Å²) in [7, 11) is 0. The molecule has 1 spiro atoms. The zero-order valence-electron chi connectivity index (χ0n) is 9.57. The molecule has 18 heavy (non-hydrogen) atoms. The summed E-state index contributed by atoms with van der Waals surface area (Å²) in [5.41, 5.74) is -1.54. The van der Waals surface area contributed by atoms with E-state index in [0.29, 0.717) is 0 Å². The van der Waals surface area contributed by atoms with Gasteiger partial charge in [0.2, 0.25) is 0 Å². The van der Waals surface area contributed by atoms with Gasteiger partial charge in [-0.3, -0.25) is 14.3 Å². The van der Waals surface area contributed by atoms with Gasteiger partial charge in [0.25, 0.3) is 5.56 Å². The molecule has 1 saturated heterocycles. The van der Waals surface area contributed by atoms with Crippen LogP contribution in [0.1, 0.15) is 19.1 Å². The molecule has 3 N–H and O–H groups in total. The predicted molar refractivity (Wildman–Crippen MR) is 60.0 cm³/mol. The van der Waals surface area contributed by atoms with Crippen LogP contribution in [0.25, 0.3) is 0 Å². The van der Waals surface area contributed by atoms with Crippen molar-refractivity contribution in [1.29, 1.82) is 0 Å². The molecule has 98 valence electrons. The van der Waals surface area contributed by atoms with Crippen molar-refractivity contribution in [3.8, 4) is 0 Å². The number of aliphatic hydroxyl groups excluding tert-OH is 2. The molecule has 1 aliphatic carbocycles. The highest BCUT2D eigenvalue weighted by molar-refractivity contribution is 5.10. The lowest BCUT2D eigenvalue weighted by molar-refractivity contribution is -0.0491. The van der Waals surface area contributed by atoms with E-state index in [1.807, 2.05) is 0 Å². The second-order valence-electron chi connectivity index (χ2n) is 4.90. The third-order valence-corrected chi connectivity index (χ3v) is 3.85. The van der Waals surface area contributed by atoms with Crippen LogP contribution in [-0.2, 0) is 4.74 Å². The van der Waals surface area contributed by atoms with Gasteiger partial charge in [0, 0.05) is 17.7 Å². The molecule has 0 unspecified atom stereocenters. The first kappa shape index (κ1) is 11.6. The van der Waals surface area contributed by atoms with Crippen molar-refractivity contribution in [2.75, 3.05) is 6.61 Å². The Labute approximate surface area is 102 Å². The standard InChI is InChI=1S/C11H14N2O5/c14-5-6-8(16)11(2-3-11)9(18-6)13-4-1-7(15)12-10(13)17/h1,4,6,8-9,14,16H,2-3,5H2,(H,12,15,17)/t6-,8+,9-/m1/s1. The van der Waals surface area contributed by atoms with Crippen molar-refractivity contribution in [2.45, 2.75) is 31.3 Å². The van der Waals surface area contributed by atoms with Crippen LogP contribution in [0.2, 0.25) is 0 Å². The maximum Gasteiger partial charge on any atom is 0.330 e. The number of hydrogen-bond acceptors (Lipinski definition) is 5. The fraction of sp³-hybridized carbons (Fsp3) is 0.636. The zero-order chi connectivity index (χ0) is 12.9. The number of aromatic amines is 1. The Bertz CT molecular complexity index is 573. The first-order chi connectivity index (χ1) is 8.58. The Hall–Kier alpha value is -1.44. The fourth-order valence-electron chi connectivity index (χ4n) is 2.68. The minimum absolute atomic E-state index is 0.294. The summed E-state index contributed by atoms with van der Waals surface area (Å²) < 4.78 is 6.82. The van der Waals surface area contributed by atoms with Crippen LogP contribution < -0.4 is 11.2 Å². The molecule has 0 bridgehead atoms. The normalized spacial score (nSPS) is 32.9. The van der Waals surface area contributed by atoms with E-state index in [-0.39, 0.29) is 6.61 Å². The third kappa shape index (κ3) is 1.48. The van der Waals surface area contributed by atoms with E-state index in [4.69, 9.17) is 9.84 Å². The number of nitrogens with zero attached hydrogens (tertiary/aromatic N) is 1. The summed E-state index contributed by atoms with van der Waals surface area (Å²) >= 11 is 0. The van der Waals surface area contributed by atoms with Crippen LogP contribution in [0.5, 0.6) is 0 Å². The lowest BCUT2D eigenvalue weighted by Crippen LogP contribution is -2.35. The second-order valence-corrected chi connectivity index (χ2v) is 4.90. The summed E-state index contributed by atoms with van der Waals surface area (Å²) in [6.45, 7) is -0.294. The molecule has 0 radical (unpaired) electrons. The summed E-state index contributed by atoms with van der Waals surface area (Å²) in [5.74, 6) is 0. The summed E-state index contributed by atoms with van der Waals surface area (Å²) in [5, 5.41) is 19.2. The number of hydrogen-bond donors (Lipinski definition) is 3. The minimum atomic E-state index is -0.786. The summed E-state index contributed by atoms with van der Waals surface area (Å²) in [6, 6.07) is 1.24. The molecule has 2 heterocycles. The first-order valence-electron chi connectivity index (χ1n) is 5.84. The van der Waals surface area contributed by atoms with Crippen molar-refractivity contribution in [1.82, 2.24) is 9.55 Å². The van der Waals surface area contributed by atoms with Gasteiger partial charge < -0.3 is 14.9 Å². The maximum absolute atomic E-state index is 11.7. The van der Waals surface area contributed by atoms with E-state index in [0.717, 1.165) is 12.8 Å². The predicted octanol–water partition coefficient (Wildman–Crippen LogP) is -1.43. The lowest BCUT2D eigenvalue weighted by Gasteiger charge is -2.20. The van der Waals surface area contributed by atoms with Crippen molar-refractivity contribution in [2.24, 2.45) is 5.41 Å². The van der Waals surface area contributed by atoms with Gasteiger partial charge in [0.05, 0.1) is 12.7 Å². The van der Waals surface area contributed by atoms with E-state index in [9.17, 15) is 14.7 Å². The van der Waals surface area contributed by atoms with Gasteiger partial charge in [-0.2, -0.15) is 0 Å². The SMILES string of the molecule is O=c1ccn([C@@H]2O[C@H](CO)[C@H](O)C23CC3)c(=O)[nH]1. The molecule has 7 nitrogen and oxygen atoms in total. The molecule has 2 aliphatic rings. The van der Waals surface area contributed by atoms with E-state index in [1.54, 1.807) is 0 Å². The average Bonchev–Trinajstić information content (AvgIpc) is 3.07. The molecule has 1 aromatic heterocycles. The van der Waals surface area contributed by atoms with Gasteiger partial charge in [-0.1, -0.05) is 0 Å². The average molecular weight is 254 g/mol. The van der Waals surface area contributed by atoms with Crippen molar-refractivity contribution in [3.63, 3.8) is 0 Å². The topological polar surface area (TPSA) is 105 Å². The Kier molecular flexibility index (Phi) is 2.44. The summed E-state index contributed by atoms with van der Waals surface area (Å²) in [6.07, 6.45) is 0.733. The van der Waals surface area contributed by atoms with E-state index in [2.05, 4.69) is 4.98 Å². The van der Waals surface area contributed by atoms with E-state index >= 15 is 0 Å². The highest BCUT2D eigenvalue weighted by Gasteiger charge is 2.64. The van der Waals surface area contributed by atoms with Crippen LogP contribution in [-0.4, -0.2) is 38.6 Å². The number of nitrogens with one attached hydrogen (secondary N) is 1. The smallest absolute Gasteiger partial charge is 0.330 e. The van der Waals surface area contributed by atoms with Crippen molar-refractivity contribution >= 4 is 0 Å². The quantitative estimate of drug-likeness (QED) is 0.600. The molecule has 2 fully saturated rings. The molecular formula is C11H14N2O5. The highest BCUT2D eigenvalue weighted by Crippen LogP contribution is 2.62. The Balaban J connectivity index is 2.02. The number of aliphatic hydroxyl groups is 2. The van der Waals surface area contributed by atoms with E-state index < -0.39 is 35.1 Å². The van der Waals surface area contributed by atoms with Gasteiger partial charge in [-0.25, -0.2) is 4.79 Å². The molecule has 1 aromatic rings. The van der Waals surface area contributed by atoms with Gasteiger partial charge >= 0.3 is 5.69 Å². The van der Waals surface area contributed by atoms with Gasteiger partial charge in [0.1, 0.15) is 12.3 Å². The second kappa shape index (κ2) is 3.78. The molecule has 1 saturated carbocycles. The number of aromatic nitrogens is 2. The third-order valence-electron chi connectivity index (χ3n) is 3.85. The van der Waals surface area contributed by atoms with E-state index in [1.165, 1.54) is 16.8 Å². The molecule has 0 amide bonds. The maximum atomic E-state index is 11.7. The van der Waals surface area contributed by atoms with Crippen LogP contribution in [0, 0.1) is 5.41 Å². The number of ether oxygens (including phenoxy) is 1. The van der Waals surface area contributed by atoms with Crippen LogP contribution in [0.3, 0.4) is 0 Å². The molecule has 3 atom stereocenters. The highest BCUT2D eigenvalue weighted by atomic mass is 16.5. The molecular weight excluding hydrogens is 240 g/mol. The van der Waals surface area contributed by atoms with Gasteiger partial charge in [-0.05, 0) is 12.8 Å². The van der Waals surface area contributed by atoms with Crippen LogP contribution in [0.15, 0.2) is 21.9 Å². The van der Waals surface area contributed by atoms with Crippen LogP contribution in [0.4, 0.5) is 0 Å². The van der Waals surface area contributed by atoms with Crippen LogP contribution >= 0.6 is 0 Å². The molecule has 3 rings (SSSR count). The Morgan fingerprint density at radius 1 is 1.50 bits per heavy atom. The Morgan fingerprint density at radius 3 is 2.78 bits per heavy atom. The number of rotatable bonds is 2. The Morgan fingerprint density at radius 2 is 2.22 bits per heavy atom. The largest absolute Gasteiger partial charge is 0.394 e. The lowest BCUT2D eigenvalue weighted by atomic mass is 9.96. The summed E-state index contributed by atoms with van der Waals surface area (Å²) in [4.78, 5) is 24.9. The molecule has 1 aliphatic heterocycles. The monoisotopic (exact) mass is 254 g/mol. The first-order valence-corrected chi connectivity index (χ1v) is 5.84. The zero-order valence-corrected chi connectivity index (χ0v) is 9.57. The van der Waals surface area contributed by atoms with Gasteiger partial charge in [0.15, 0.2) is 0 Å². The molecule has 7 heteroatoms. The molecule has 0 aromatic carbocycles.